The summed E-state index contributed by atoms with van der Waals surface area (Å²) in [5.74, 6) is -0.0876. The molecule has 0 spiro atoms. The highest BCUT2D eigenvalue weighted by Gasteiger charge is 2.20. The fourth-order valence-electron chi connectivity index (χ4n) is 2.51. The van der Waals surface area contributed by atoms with Crippen LogP contribution in [0.15, 0.2) is 48.5 Å². The van der Waals surface area contributed by atoms with Gasteiger partial charge in [0.25, 0.3) is 0 Å². The van der Waals surface area contributed by atoms with Gasteiger partial charge in [0.05, 0.1) is 5.69 Å². The highest BCUT2D eigenvalue weighted by atomic mass is 16.1. The monoisotopic (exact) mass is 291 g/mol. The second-order valence-corrected chi connectivity index (χ2v) is 5.34. The quantitative estimate of drug-likeness (QED) is 0.690. The van der Waals surface area contributed by atoms with E-state index in [1.54, 1.807) is 4.68 Å². The van der Waals surface area contributed by atoms with Crippen LogP contribution in [0.1, 0.15) is 28.5 Å². The summed E-state index contributed by atoms with van der Waals surface area (Å²) in [4.78, 5) is 11.9. The first-order valence-electron chi connectivity index (χ1n) is 7.18. The van der Waals surface area contributed by atoms with Crippen molar-refractivity contribution in [1.29, 1.82) is 0 Å². The molecule has 0 bridgehead atoms. The average molecular weight is 291 g/mol. The lowest BCUT2D eigenvalue weighted by atomic mass is 10.1. The van der Waals surface area contributed by atoms with Gasteiger partial charge in [-0.2, -0.15) is 0 Å². The molecule has 0 radical (unpaired) electrons. The van der Waals surface area contributed by atoms with Crippen molar-refractivity contribution in [2.24, 2.45) is 0 Å². The predicted molar refractivity (Wildman–Crippen MR) is 86.3 cm³/mol. The summed E-state index contributed by atoms with van der Waals surface area (Å²) in [5.41, 5.74) is 5.31. The van der Waals surface area contributed by atoms with Gasteiger partial charge in [0.1, 0.15) is 5.69 Å². The van der Waals surface area contributed by atoms with E-state index in [2.05, 4.69) is 30.2 Å². The molecule has 0 saturated heterocycles. The fourth-order valence-corrected chi connectivity index (χ4v) is 2.51. The molecule has 4 nitrogen and oxygen atoms in total. The third-order valence-corrected chi connectivity index (χ3v) is 3.86. The van der Waals surface area contributed by atoms with Crippen molar-refractivity contribution in [3.63, 3.8) is 0 Å². The van der Waals surface area contributed by atoms with Gasteiger partial charge >= 0.3 is 0 Å². The second kappa shape index (κ2) is 5.56. The van der Waals surface area contributed by atoms with E-state index in [0.717, 1.165) is 22.5 Å². The number of hydrogen-bond donors (Lipinski definition) is 0. The minimum atomic E-state index is -0.0876. The Hall–Kier alpha value is -2.75. The zero-order valence-corrected chi connectivity index (χ0v) is 12.9. The van der Waals surface area contributed by atoms with Crippen molar-refractivity contribution in [3.05, 3.63) is 65.4 Å². The average Bonchev–Trinajstić information content (AvgIpc) is 2.96. The van der Waals surface area contributed by atoms with Crippen molar-refractivity contribution in [2.75, 3.05) is 0 Å². The number of hydrogen-bond acceptors (Lipinski definition) is 3. The summed E-state index contributed by atoms with van der Waals surface area (Å²) >= 11 is 0. The molecule has 0 saturated carbocycles. The Balaban J connectivity index is 2.30. The number of aromatic nitrogens is 3. The van der Waals surface area contributed by atoms with Gasteiger partial charge in [-0.15, -0.1) is 5.10 Å². The molecule has 0 N–H and O–H groups in total. The molecular weight excluding hydrogens is 274 g/mol. The smallest absolute Gasteiger partial charge is 0.182 e. The molecule has 1 aromatic heterocycles. The zero-order valence-electron chi connectivity index (χ0n) is 12.9. The van der Waals surface area contributed by atoms with Crippen LogP contribution in [0.25, 0.3) is 16.9 Å². The van der Waals surface area contributed by atoms with Crippen LogP contribution < -0.4 is 0 Å². The van der Waals surface area contributed by atoms with E-state index in [0.29, 0.717) is 5.69 Å². The van der Waals surface area contributed by atoms with E-state index in [1.807, 2.05) is 42.5 Å². The fraction of sp³-hybridized carbons (Fsp3) is 0.167. The standard InChI is InChI=1S/C18H17N3O/c1-12-8-7-11-16(13(12)2)21-18(15-9-5-4-6-10-15)17(14(3)22)19-20-21/h4-11H,1-3H3. The Morgan fingerprint density at radius 2 is 1.73 bits per heavy atom. The molecular formula is C18H17N3O. The van der Waals surface area contributed by atoms with E-state index in [1.165, 1.54) is 12.5 Å². The zero-order chi connectivity index (χ0) is 15.7. The molecule has 0 fully saturated rings. The molecule has 0 aliphatic carbocycles. The van der Waals surface area contributed by atoms with Crippen LogP contribution >= 0.6 is 0 Å². The summed E-state index contributed by atoms with van der Waals surface area (Å²) in [5, 5.41) is 8.33. The lowest BCUT2D eigenvalue weighted by molar-refractivity contribution is 0.101. The molecule has 22 heavy (non-hydrogen) atoms. The van der Waals surface area contributed by atoms with E-state index < -0.39 is 0 Å². The van der Waals surface area contributed by atoms with Gasteiger partial charge in [0.15, 0.2) is 11.5 Å². The summed E-state index contributed by atoms with van der Waals surface area (Å²) in [6, 6.07) is 15.8. The Kier molecular flexibility index (Phi) is 3.59. The van der Waals surface area contributed by atoms with Gasteiger partial charge in [-0.25, -0.2) is 4.68 Å². The number of carbonyl (C=O) groups excluding carboxylic acids is 1. The molecule has 110 valence electrons. The van der Waals surface area contributed by atoms with Crippen LogP contribution in [0.5, 0.6) is 0 Å². The van der Waals surface area contributed by atoms with Crippen molar-refractivity contribution in [3.8, 4) is 16.9 Å². The highest BCUT2D eigenvalue weighted by molar-refractivity contribution is 5.98. The molecule has 0 aliphatic heterocycles. The normalized spacial score (nSPS) is 10.7. The maximum Gasteiger partial charge on any atom is 0.182 e. The van der Waals surface area contributed by atoms with Crippen LogP contribution in [-0.4, -0.2) is 20.8 Å². The van der Waals surface area contributed by atoms with Gasteiger partial charge < -0.3 is 0 Å². The van der Waals surface area contributed by atoms with Crippen LogP contribution in [0.2, 0.25) is 0 Å². The summed E-state index contributed by atoms with van der Waals surface area (Å²) in [6.45, 7) is 5.63. The minimum Gasteiger partial charge on any atom is -0.293 e. The van der Waals surface area contributed by atoms with E-state index in [-0.39, 0.29) is 5.78 Å². The van der Waals surface area contributed by atoms with Crippen molar-refractivity contribution in [1.82, 2.24) is 15.0 Å². The van der Waals surface area contributed by atoms with Crippen LogP contribution in [0, 0.1) is 13.8 Å². The number of rotatable bonds is 3. The van der Waals surface area contributed by atoms with Crippen LogP contribution in [-0.2, 0) is 0 Å². The number of ketones is 1. The van der Waals surface area contributed by atoms with Gasteiger partial charge in [-0.1, -0.05) is 47.7 Å². The van der Waals surface area contributed by atoms with Crippen molar-refractivity contribution < 1.29 is 4.79 Å². The van der Waals surface area contributed by atoms with Crippen LogP contribution in [0.3, 0.4) is 0 Å². The molecule has 0 atom stereocenters. The SMILES string of the molecule is CC(=O)c1nnn(-c2cccc(C)c2C)c1-c1ccccc1. The van der Waals surface area contributed by atoms with Crippen molar-refractivity contribution in [2.45, 2.75) is 20.8 Å². The molecule has 3 aromatic rings. The number of carbonyl (C=O) groups is 1. The number of nitrogens with zero attached hydrogens (tertiary/aromatic N) is 3. The Bertz CT molecular complexity index is 835. The summed E-state index contributed by atoms with van der Waals surface area (Å²) in [7, 11) is 0. The molecule has 3 rings (SSSR count). The molecule has 0 aliphatic rings. The second-order valence-electron chi connectivity index (χ2n) is 5.34. The first-order chi connectivity index (χ1) is 10.6. The first-order valence-corrected chi connectivity index (χ1v) is 7.18. The molecule has 1 heterocycles. The minimum absolute atomic E-state index is 0.0876. The van der Waals surface area contributed by atoms with Crippen molar-refractivity contribution >= 4 is 5.78 Å². The Labute approximate surface area is 129 Å². The Morgan fingerprint density at radius 1 is 1.00 bits per heavy atom. The van der Waals surface area contributed by atoms with Gasteiger partial charge in [0.2, 0.25) is 0 Å². The van der Waals surface area contributed by atoms with Crippen LogP contribution in [0.4, 0.5) is 0 Å². The maximum atomic E-state index is 11.9. The first kappa shape index (κ1) is 14.2. The van der Waals surface area contributed by atoms with E-state index in [9.17, 15) is 4.79 Å². The van der Waals surface area contributed by atoms with E-state index in [4.69, 9.17) is 0 Å². The number of Topliss-reactive ketones (excluding diaryl/α,β-unsaturated/α-hetero) is 1. The molecule has 4 heteroatoms. The maximum absolute atomic E-state index is 11.9. The third kappa shape index (κ3) is 2.33. The number of benzene rings is 2. The topological polar surface area (TPSA) is 47.8 Å². The predicted octanol–water partition coefficient (Wildman–Crippen LogP) is 3.75. The molecule has 2 aromatic carbocycles. The summed E-state index contributed by atoms with van der Waals surface area (Å²) in [6.07, 6.45) is 0. The van der Waals surface area contributed by atoms with Gasteiger partial charge in [-0.05, 0) is 31.0 Å². The van der Waals surface area contributed by atoms with Gasteiger partial charge in [-0.3, -0.25) is 4.79 Å². The van der Waals surface area contributed by atoms with E-state index >= 15 is 0 Å². The molecule has 0 unspecified atom stereocenters. The third-order valence-electron chi connectivity index (χ3n) is 3.86. The summed E-state index contributed by atoms with van der Waals surface area (Å²) < 4.78 is 1.76. The van der Waals surface area contributed by atoms with Gasteiger partial charge in [0, 0.05) is 12.5 Å². The lowest BCUT2D eigenvalue weighted by Crippen LogP contribution is -2.04. The molecule has 0 amide bonds. The Morgan fingerprint density at radius 3 is 2.41 bits per heavy atom. The highest BCUT2D eigenvalue weighted by Crippen LogP contribution is 2.27. The number of aryl methyl sites for hydroxylation is 1. The lowest BCUT2D eigenvalue weighted by Gasteiger charge is -2.11. The largest absolute Gasteiger partial charge is 0.293 e.